The maximum atomic E-state index is 14.0. The van der Waals surface area contributed by atoms with Crippen molar-refractivity contribution < 1.29 is 14.0 Å². The van der Waals surface area contributed by atoms with Crippen LogP contribution in [0, 0.1) is 18.7 Å². The molecule has 3 N–H and O–H groups in total. The summed E-state index contributed by atoms with van der Waals surface area (Å²) < 4.78 is 14.0. The third-order valence-corrected chi connectivity index (χ3v) is 7.61. The van der Waals surface area contributed by atoms with E-state index in [4.69, 9.17) is 0 Å². The molecule has 1 aliphatic carbocycles. The smallest absolute Gasteiger partial charge is 0.256 e. The number of aromatic nitrogens is 1. The summed E-state index contributed by atoms with van der Waals surface area (Å²) in [5.41, 5.74) is 5.35. The lowest BCUT2D eigenvalue weighted by molar-refractivity contribution is -0.110. The summed E-state index contributed by atoms with van der Waals surface area (Å²) in [4.78, 5) is 32.1. The average molecular weight is 499 g/mol. The predicted octanol–water partition coefficient (Wildman–Crippen LogP) is 5.23. The van der Waals surface area contributed by atoms with Crippen LogP contribution in [0.3, 0.4) is 0 Å². The number of halogens is 1. The lowest BCUT2D eigenvalue weighted by Gasteiger charge is -2.25. The quantitative estimate of drug-likeness (QED) is 0.391. The fourth-order valence-electron chi connectivity index (χ4n) is 5.58. The number of benzene rings is 2. The summed E-state index contributed by atoms with van der Waals surface area (Å²) in [6, 6.07) is 14.0. The number of nitrogens with one attached hydrogen (secondary N) is 3. The number of fused-ring (bicyclic) bond motifs is 1. The molecule has 2 aromatic carbocycles. The van der Waals surface area contributed by atoms with E-state index in [1.165, 1.54) is 25.0 Å². The first kappa shape index (κ1) is 23.7. The minimum atomic E-state index is -0.336. The van der Waals surface area contributed by atoms with Crippen LogP contribution in [0.15, 0.2) is 48.5 Å². The van der Waals surface area contributed by atoms with Crippen molar-refractivity contribution in [1.29, 1.82) is 0 Å². The molecular formula is C30H31FN4O2. The predicted molar refractivity (Wildman–Crippen MR) is 144 cm³/mol. The monoisotopic (exact) mass is 498 g/mol. The Morgan fingerprint density at radius 1 is 1.14 bits per heavy atom. The topological polar surface area (TPSA) is 77.2 Å². The van der Waals surface area contributed by atoms with Crippen molar-refractivity contribution in [3.63, 3.8) is 0 Å². The van der Waals surface area contributed by atoms with Crippen molar-refractivity contribution in [2.45, 2.75) is 38.6 Å². The Hall–Kier alpha value is -3.71. The second-order valence-corrected chi connectivity index (χ2v) is 10.4. The second kappa shape index (κ2) is 9.63. The van der Waals surface area contributed by atoms with Crippen LogP contribution in [0.4, 0.5) is 10.1 Å². The zero-order chi connectivity index (χ0) is 25.5. The van der Waals surface area contributed by atoms with Crippen molar-refractivity contribution in [3.05, 3.63) is 76.9 Å². The molecule has 0 unspecified atom stereocenters. The Morgan fingerprint density at radius 3 is 2.78 bits per heavy atom. The van der Waals surface area contributed by atoms with Crippen molar-refractivity contribution >= 4 is 29.2 Å². The van der Waals surface area contributed by atoms with E-state index in [1.54, 1.807) is 12.1 Å². The maximum Gasteiger partial charge on any atom is 0.256 e. The molecule has 3 aliphatic rings. The highest BCUT2D eigenvalue weighted by Gasteiger charge is 2.33. The highest BCUT2D eigenvalue weighted by molar-refractivity contribution is 6.36. The van der Waals surface area contributed by atoms with Crippen LogP contribution in [-0.2, 0) is 4.79 Å². The van der Waals surface area contributed by atoms with Gasteiger partial charge in [0, 0.05) is 36.1 Å². The average Bonchev–Trinajstić information content (AvgIpc) is 3.31. The van der Waals surface area contributed by atoms with Gasteiger partial charge in [-0.25, -0.2) is 4.39 Å². The fraction of sp³-hybridized carbons (Fsp3) is 0.333. The van der Waals surface area contributed by atoms with Crippen LogP contribution in [0.25, 0.3) is 22.8 Å². The standard InChI is InChI=1S/C30H31FN4O2/c1-18-13-24(30(37)35-12-4-7-22(35)17-32-16-19-10-11-19)27(33-18)15-25-28-23(20-5-2-6-21(31)14-20)8-3-9-26(28)34-29(25)36/h2-3,5-6,8-9,13-15,19,22,32-33H,4,7,10-12,16-17H2,1H3,(H,34,36)/b25-15-/t22-/m0/s1. The zero-order valence-corrected chi connectivity index (χ0v) is 20.9. The third kappa shape index (κ3) is 4.71. The number of nitrogens with zero attached hydrogens (tertiary/aromatic N) is 1. The van der Waals surface area contributed by atoms with Gasteiger partial charge >= 0.3 is 0 Å². The molecule has 190 valence electrons. The number of aromatic amines is 1. The van der Waals surface area contributed by atoms with Gasteiger partial charge in [-0.3, -0.25) is 9.59 Å². The largest absolute Gasteiger partial charge is 0.358 e. The Balaban J connectivity index is 1.33. The molecule has 2 fully saturated rings. The molecule has 7 heteroatoms. The van der Waals surface area contributed by atoms with Crippen LogP contribution in [0.1, 0.15) is 53.0 Å². The van der Waals surface area contributed by atoms with Crippen molar-refractivity contribution in [1.82, 2.24) is 15.2 Å². The Kier molecular flexibility index (Phi) is 6.16. The first-order valence-corrected chi connectivity index (χ1v) is 13.1. The van der Waals surface area contributed by atoms with E-state index in [9.17, 15) is 14.0 Å². The molecule has 3 heterocycles. The second-order valence-electron chi connectivity index (χ2n) is 10.4. The van der Waals surface area contributed by atoms with E-state index >= 15 is 0 Å². The van der Waals surface area contributed by atoms with Gasteiger partial charge in [0.05, 0.1) is 16.8 Å². The number of likely N-dealkylation sites (tertiary alicyclic amines) is 1. The van der Waals surface area contributed by atoms with Gasteiger partial charge in [-0.15, -0.1) is 0 Å². The number of H-pyrrole nitrogens is 1. The molecule has 2 amide bonds. The van der Waals surface area contributed by atoms with E-state index in [1.807, 2.05) is 42.2 Å². The summed E-state index contributed by atoms with van der Waals surface area (Å²) in [5.74, 6) is 0.211. The van der Waals surface area contributed by atoms with E-state index in [0.29, 0.717) is 33.6 Å². The van der Waals surface area contributed by atoms with Crippen LogP contribution >= 0.6 is 0 Å². The number of aryl methyl sites for hydroxylation is 1. The summed E-state index contributed by atoms with van der Waals surface area (Å²) in [7, 11) is 0. The SMILES string of the molecule is Cc1cc(C(=O)N2CCC[C@H]2CNCC2CC2)c(/C=C2\C(=O)Nc3cccc(-c4cccc(F)c4)c32)[nH]1. The molecular weight excluding hydrogens is 467 g/mol. The van der Waals surface area contributed by atoms with E-state index in [0.717, 1.165) is 49.7 Å². The Morgan fingerprint density at radius 2 is 1.97 bits per heavy atom. The van der Waals surface area contributed by atoms with Gasteiger partial charge in [0.25, 0.3) is 11.8 Å². The summed E-state index contributed by atoms with van der Waals surface area (Å²) >= 11 is 0. The number of anilines is 1. The third-order valence-electron chi connectivity index (χ3n) is 7.61. The Bertz CT molecular complexity index is 1400. The number of hydrogen-bond donors (Lipinski definition) is 3. The Labute approximate surface area is 216 Å². The van der Waals surface area contributed by atoms with E-state index < -0.39 is 0 Å². The number of carbonyl (C=O) groups excluding carboxylic acids is 2. The number of hydrogen-bond acceptors (Lipinski definition) is 3. The normalized spacial score (nSPS) is 19.9. The summed E-state index contributed by atoms with van der Waals surface area (Å²) in [6.07, 6.45) is 6.36. The van der Waals surface area contributed by atoms with Gasteiger partial charge < -0.3 is 20.5 Å². The molecule has 3 aromatic rings. The lowest BCUT2D eigenvalue weighted by atomic mass is 9.94. The molecule has 6 rings (SSSR count). The molecule has 1 saturated carbocycles. The van der Waals surface area contributed by atoms with Crippen LogP contribution < -0.4 is 10.6 Å². The van der Waals surface area contributed by atoms with Gasteiger partial charge in [0.1, 0.15) is 5.82 Å². The fourth-order valence-corrected chi connectivity index (χ4v) is 5.58. The minimum absolute atomic E-state index is 0.0102. The van der Waals surface area contributed by atoms with Crippen molar-refractivity contribution in [3.8, 4) is 11.1 Å². The molecule has 2 aliphatic heterocycles. The number of rotatable bonds is 7. The molecule has 0 spiro atoms. The highest BCUT2D eigenvalue weighted by atomic mass is 19.1. The molecule has 6 nitrogen and oxygen atoms in total. The molecule has 1 atom stereocenters. The van der Waals surface area contributed by atoms with Gasteiger partial charge in [0.2, 0.25) is 0 Å². The number of amides is 2. The summed E-state index contributed by atoms with van der Waals surface area (Å²) in [6.45, 7) is 4.50. The first-order chi connectivity index (χ1) is 18.0. The van der Waals surface area contributed by atoms with Crippen molar-refractivity contribution in [2.24, 2.45) is 5.92 Å². The minimum Gasteiger partial charge on any atom is -0.358 e. The van der Waals surface area contributed by atoms with Crippen molar-refractivity contribution in [2.75, 3.05) is 25.0 Å². The molecule has 0 radical (unpaired) electrons. The highest BCUT2D eigenvalue weighted by Crippen LogP contribution is 2.41. The number of carbonyl (C=O) groups is 2. The van der Waals surface area contributed by atoms with Crippen LogP contribution in [0.2, 0.25) is 0 Å². The molecule has 1 saturated heterocycles. The molecule has 37 heavy (non-hydrogen) atoms. The molecule has 1 aromatic heterocycles. The van der Waals surface area contributed by atoms with Gasteiger partial charge in [-0.2, -0.15) is 0 Å². The van der Waals surface area contributed by atoms with E-state index in [2.05, 4.69) is 15.6 Å². The van der Waals surface area contributed by atoms with Gasteiger partial charge in [-0.1, -0.05) is 24.3 Å². The zero-order valence-electron chi connectivity index (χ0n) is 20.9. The van der Waals surface area contributed by atoms with E-state index in [-0.39, 0.29) is 23.7 Å². The first-order valence-electron chi connectivity index (χ1n) is 13.1. The van der Waals surface area contributed by atoms with Gasteiger partial charge in [0.15, 0.2) is 0 Å². The maximum absolute atomic E-state index is 14.0. The van der Waals surface area contributed by atoms with Crippen LogP contribution in [0.5, 0.6) is 0 Å². The lowest BCUT2D eigenvalue weighted by Crippen LogP contribution is -2.42. The summed E-state index contributed by atoms with van der Waals surface area (Å²) in [5, 5.41) is 6.48. The molecule has 0 bridgehead atoms. The van der Waals surface area contributed by atoms with Crippen LogP contribution in [-0.4, -0.2) is 47.4 Å². The van der Waals surface area contributed by atoms with Gasteiger partial charge in [-0.05, 0) is 86.5 Å².